The van der Waals surface area contributed by atoms with Crippen molar-refractivity contribution < 1.29 is 13.2 Å². The first-order valence-corrected chi connectivity index (χ1v) is 8.88. The summed E-state index contributed by atoms with van der Waals surface area (Å²) in [5.41, 5.74) is 2.78. The smallest absolute Gasteiger partial charge is 0.262 e. The molecule has 0 bridgehead atoms. The molecule has 1 N–H and O–H groups in total. The normalized spacial score (nSPS) is 11.7. The lowest BCUT2D eigenvalue weighted by Gasteiger charge is -2.08. The minimum Gasteiger partial charge on any atom is -0.475 e. The maximum absolute atomic E-state index is 12.5. The van der Waals surface area contributed by atoms with Gasteiger partial charge in [-0.2, -0.15) is 0 Å². The Kier molecular flexibility index (Phi) is 3.75. The van der Waals surface area contributed by atoms with Crippen molar-refractivity contribution >= 4 is 37.3 Å². The number of aromatic nitrogens is 3. The number of thiazole rings is 1. The van der Waals surface area contributed by atoms with Crippen LogP contribution in [0.15, 0.2) is 34.8 Å². The van der Waals surface area contributed by atoms with E-state index < -0.39 is 10.0 Å². The Bertz CT molecular complexity index is 914. The van der Waals surface area contributed by atoms with Gasteiger partial charge in [0.1, 0.15) is 5.69 Å². The Labute approximate surface area is 131 Å². The highest BCUT2D eigenvalue weighted by Crippen LogP contribution is 2.27. The van der Waals surface area contributed by atoms with E-state index in [0.717, 1.165) is 10.2 Å². The molecule has 0 radical (unpaired) electrons. The number of nitrogens with zero attached hydrogens (tertiary/aromatic N) is 3. The molecule has 0 fully saturated rings. The van der Waals surface area contributed by atoms with Crippen LogP contribution in [0.1, 0.15) is 6.92 Å². The Morgan fingerprint density at radius 2 is 2.23 bits per heavy atom. The standard InChI is InChI=1S/C13H14N4O3S2/c1-3-20-13-11(7-17(2)15-13)16-22(18,19)9-4-5-10-12(6-9)21-8-14-10/h4-8,16H,3H2,1-2H3. The van der Waals surface area contributed by atoms with Crippen molar-refractivity contribution in [2.45, 2.75) is 11.8 Å². The van der Waals surface area contributed by atoms with Crippen LogP contribution in [0.2, 0.25) is 0 Å². The molecule has 0 amide bonds. The molecule has 7 nitrogen and oxygen atoms in total. The first kappa shape index (κ1) is 14.8. The molecule has 2 heterocycles. The largest absolute Gasteiger partial charge is 0.475 e. The first-order chi connectivity index (χ1) is 10.5. The number of hydrogen-bond acceptors (Lipinski definition) is 6. The van der Waals surface area contributed by atoms with Crippen LogP contribution in [0.4, 0.5) is 5.69 Å². The maximum Gasteiger partial charge on any atom is 0.262 e. The molecule has 0 aliphatic heterocycles. The number of benzene rings is 1. The molecule has 0 saturated carbocycles. The van der Waals surface area contributed by atoms with Gasteiger partial charge in [0.15, 0.2) is 0 Å². The molecule has 22 heavy (non-hydrogen) atoms. The second-order valence-corrected chi connectivity index (χ2v) is 7.11. The van der Waals surface area contributed by atoms with Crippen LogP contribution in [0, 0.1) is 0 Å². The molecule has 0 aliphatic carbocycles. The van der Waals surface area contributed by atoms with Crippen molar-refractivity contribution in [2.24, 2.45) is 7.05 Å². The summed E-state index contributed by atoms with van der Waals surface area (Å²) in [4.78, 5) is 4.31. The number of ether oxygens (including phenoxy) is 1. The lowest BCUT2D eigenvalue weighted by molar-refractivity contribution is 0.324. The monoisotopic (exact) mass is 338 g/mol. The Morgan fingerprint density at radius 1 is 1.41 bits per heavy atom. The third-order valence-corrected chi connectivity index (χ3v) is 5.09. The van der Waals surface area contributed by atoms with Crippen LogP contribution in [0.3, 0.4) is 0 Å². The van der Waals surface area contributed by atoms with E-state index in [1.807, 2.05) is 6.92 Å². The van der Waals surface area contributed by atoms with Crippen molar-refractivity contribution in [3.05, 3.63) is 29.9 Å². The van der Waals surface area contributed by atoms with Gasteiger partial charge >= 0.3 is 0 Å². The van der Waals surface area contributed by atoms with E-state index in [1.165, 1.54) is 22.1 Å². The number of anilines is 1. The van der Waals surface area contributed by atoms with Crippen LogP contribution in [0.5, 0.6) is 5.88 Å². The van der Waals surface area contributed by atoms with E-state index >= 15 is 0 Å². The molecule has 0 atom stereocenters. The molecule has 0 spiro atoms. The third-order valence-electron chi connectivity index (χ3n) is 2.93. The SMILES string of the molecule is CCOc1nn(C)cc1NS(=O)(=O)c1ccc2ncsc2c1. The summed E-state index contributed by atoms with van der Waals surface area (Å²) in [5, 5.41) is 4.08. The van der Waals surface area contributed by atoms with Gasteiger partial charge in [-0.25, -0.2) is 13.4 Å². The van der Waals surface area contributed by atoms with E-state index in [0.29, 0.717) is 12.3 Å². The predicted molar refractivity (Wildman–Crippen MR) is 84.8 cm³/mol. The second-order valence-electron chi connectivity index (χ2n) is 4.54. The zero-order valence-corrected chi connectivity index (χ0v) is 13.6. The Balaban J connectivity index is 1.96. The number of aryl methyl sites for hydroxylation is 1. The van der Waals surface area contributed by atoms with Gasteiger partial charge in [-0.1, -0.05) is 0 Å². The summed E-state index contributed by atoms with van der Waals surface area (Å²) in [6, 6.07) is 4.82. The quantitative estimate of drug-likeness (QED) is 0.771. The van der Waals surface area contributed by atoms with Gasteiger partial charge in [-0.3, -0.25) is 9.40 Å². The summed E-state index contributed by atoms with van der Waals surface area (Å²) >= 11 is 1.39. The Hall–Kier alpha value is -2.13. The summed E-state index contributed by atoms with van der Waals surface area (Å²) < 4.78 is 35.2. The van der Waals surface area contributed by atoms with Gasteiger partial charge in [-0.05, 0) is 25.1 Å². The van der Waals surface area contributed by atoms with Crippen molar-refractivity contribution in [3.63, 3.8) is 0 Å². The summed E-state index contributed by atoms with van der Waals surface area (Å²) in [6.45, 7) is 2.21. The zero-order chi connectivity index (χ0) is 15.7. The Morgan fingerprint density at radius 3 is 3.00 bits per heavy atom. The molecule has 0 aliphatic rings. The van der Waals surface area contributed by atoms with Gasteiger partial charge in [0.25, 0.3) is 15.9 Å². The zero-order valence-electron chi connectivity index (χ0n) is 12.0. The van der Waals surface area contributed by atoms with E-state index in [9.17, 15) is 8.42 Å². The minimum atomic E-state index is -3.71. The minimum absolute atomic E-state index is 0.176. The lowest BCUT2D eigenvalue weighted by atomic mass is 10.3. The number of nitrogens with one attached hydrogen (secondary N) is 1. The topological polar surface area (TPSA) is 86.1 Å². The highest BCUT2D eigenvalue weighted by molar-refractivity contribution is 7.92. The lowest BCUT2D eigenvalue weighted by Crippen LogP contribution is -2.13. The average Bonchev–Trinajstić information content (AvgIpc) is 3.05. The molecule has 116 valence electrons. The average molecular weight is 338 g/mol. The molecule has 0 unspecified atom stereocenters. The first-order valence-electron chi connectivity index (χ1n) is 6.52. The molecule has 2 aromatic heterocycles. The number of hydrogen-bond donors (Lipinski definition) is 1. The highest BCUT2D eigenvalue weighted by Gasteiger charge is 2.19. The van der Waals surface area contributed by atoms with Crippen molar-refractivity contribution in [1.82, 2.24) is 14.8 Å². The van der Waals surface area contributed by atoms with Crippen LogP contribution < -0.4 is 9.46 Å². The van der Waals surface area contributed by atoms with Gasteiger partial charge < -0.3 is 4.74 Å². The van der Waals surface area contributed by atoms with Gasteiger partial charge in [0, 0.05) is 7.05 Å². The summed E-state index contributed by atoms with van der Waals surface area (Å²) in [7, 11) is -2.02. The van der Waals surface area contributed by atoms with Gasteiger partial charge in [0.05, 0.1) is 33.4 Å². The van der Waals surface area contributed by atoms with Crippen LogP contribution in [0.25, 0.3) is 10.2 Å². The van der Waals surface area contributed by atoms with E-state index in [2.05, 4.69) is 14.8 Å². The number of sulfonamides is 1. The third kappa shape index (κ3) is 2.77. The summed E-state index contributed by atoms with van der Waals surface area (Å²) in [5.74, 6) is 0.257. The molecule has 1 aromatic carbocycles. The fraction of sp³-hybridized carbons (Fsp3) is 0.231. The van der Waals surface area contributed by atoms with E-state index in [-0.39, 0.29) is 10.8 Å². The second kappa shape index (κ2) is 5.58. The molecule has 3 rings (SSSR count). The van der Waals surface area contributed by atoms with Crippen molar-refractivity contribution in [3.8, 4) is 5.88 Å². The molecular formula is C13H14N4O3S2. The molecule has 0 saturated heterocycles. The molecule has 9 heteroatoms. The van der Waals surface area contributed by atoms with Crippen molar-refractivity contribution in [2.75, 3.05) is 11.3 Å². The van der Waals surface area contributed by atoms with E-state index in [4.69, 9.17) is 4.74 Å². The summed E-state index contributed by atoms with van der Waals surface area (Å²) in [6.07, 6.45) is 1.56. The fourth-order valence-electron chi connectivity index (χ4n) is 1.99. The predicted octanol–water partition coefficient (Wildman–Crippen LogP) is 2.23. The van der Waals surface area contributed by atoms with Gasteiger partial charge in [-0.15, -0.1) is 16.4 Å². The maximum atomic E-state index is 12.5. The van der Waals surface area contributed by atoms with Crippen LogP contribution in [-0.2, 0) is 17.1 Å². The fourth-order valence-corrected chi connectivity index (χ4v) is 3.85. The highest BCUT2D eigenvalue weighted by atomic mass is 32.2. The van der Waals surface area contributed by atoms with Crippen LogP contribution in [-0.4, -0.2) is 29.8 Å². The van der Waals surface area contributed by atoms with E-state index in [1.54, 1.807) is 30.9 Å². The number of rotatable bonds is 5. The van der Waals surface area contributed by atoms with Crippen LogP contribution >= 0.6 is 11.3 Å². The molecule has 3 aromatic rings. The van der Waals surface area contributed by atoms with Crippen molar-refractivity contribution in [1.29, 1.82) is 0 Å². The molecular weight excluding hydrogens is 324 g/mol. The van der Waals surface area contributed by atoms with Gasteiger partial charge in [0.2, 0.25) is 0 Å². The number of fused-ring (bicyclic) bond motifs is 1.